The number of hydrogen-bond acceptors (Lipinski definition) is 4. The predicted molar refractivity (Wildman–Crippen MR) is 138 cm³/mol. The second-order valence-corrected chi connectivity index (χ2v) is 9.62. The molecule has 0 fully saturated rings. The van der Waals surface area contributed by atoms with Crippen LogP contribution in [0.15, 0.2) is 77.9 Å². The largest absolute Gasteiger partial charge is 0.468 e. The van der Waals surface area contributed by atoms with E-state index in [1.807, 2.05) is 71.6 Å². The lowest BCUT2D eigenvalue weighted by molar-refractivity contribution is -0.144. The molecule has 0 spiro atoms. The minimum atomic E-state index is -0.698. The number of methoxy groups -OCH3 is 1. The number of rotatable bonds is 7. The van der Waals surface area contributed by atoms with Gasteiger partial charge < -0.3 is 9.64 Å². The lowest BCUT2D eigenvalue weighted by Crippen LogP contribution is -2.49. The van der Waals surface area contributed by atoms with E-state index in [2.05, 4.69) is 5.32 Å². The van der Waals surface area contributed by atoms with E-state index in [9.17, 15) is 9.59 Å². The van der Waals surface area contributed by atoms with Crippen molar-refractivity contribution in [3.8, 4) is 0 Å². The van der Waals surface area contributed by atoms with E-state index in [4.69, 9.17) is 16.3 Å². The molecule has 35 heavy (non-hydrogen) atoms. The first kappa shape index (κ1) is 23.6. The van der Waals surface area contributed by atoms with E-state index < -0.39 is 6.04 Å². The number of halogens is 1. The Bertz CT molecular complexity index is 1280. The average molecular weight is 489 g/mol. The maximum atomic E-state index is 13.5. The highest BCUT2D eigenvalue weighted by Gasteiger charge is 2.41. The first-order valence-electron chi connectivity index (χ1n) is 12.2. The molecule has 0 saturated heterocycles. The molecule has 6 heteroatoms. The van der Waals surface area contributed by atoms with Crippen molar-refractivity contribution in [2.75, 3.05) is 13.7 Å². The fourth-order valence-corrected chi connectivity index (χ4v) is 5.46. The van der Waals surface area contributed by atoms with Crippen LogP contribution in [0.1, 0.15) is 42.9 Å². The van der Waals surface area contributed by atoms with Crippen LogP contribution in [0.25, 0.3) is 10.8 Å². The van der Waals surface area contributed by atoms with Gasteiger partial charge in [-0.15, -0.1) is 0 Å². The SMILES string of the molecule is COC(=O)C(NC1C2=C(CCCC2)C(=O)N1CCc1ccc(Cl)cc1)c1cccc2ccccc12. The minimum absolute atomic E-state index is 0.0766. The number of benzene rings is 3. The van der Waals surface area contributed by atoms with Crippen LogP contribution in [0, 0.1) is 0 Å². The topological polar surface area (TPSA) is 58.6 Å². The summed E-state index contributed by atoms with van der Waals surface area (Å²) in [6.45, 7) is 0.550. The second kappa shape index (κ2) is 10.2. The molecule has 1 heterocycles. The molecule has 2 unspecified atom stereocenters. The van der Waals surface area contributed by atoms with Gasteiger partial charge in [-0.1, -0.05) is 66.2 Å². The van der Waals surface area contributed by atoms with Crippen LogP contribution < -0.4 is 5.32 Å². The Balaban J connectivity index is 1.48. The van der Waals surface area contributed by atoms with Crippen LogP contribution in [-0.2, 0) is 20.7 Å². The number of carbonyl (C=O) groups is 2. The molecule has 1 amide bonds. The molecule has 2 aliphatic rings. The third-order valence-corrected chi connectivity index (χ3v) is 7.37. The third-order valence-electron chi connectivity index (χ3n) is 7.12. The molecule has 1 N–H and O–H groups in total. The summed E-state index contributed by atoms with van der Waals surface area (Å²) in [7, 11) is 1.41. The fraction of sp³-hybridized carbons (Fsp3) is 0.310. The molecule has 1 aliphatic carbocycles. The maximum absolute atomic E-state index is 13.5. The van der Waals surface area contributed by atoms with Gasteiger partial charge in [-0.05, 0) is 71.7 Å². The van der Waals surface area contributed by atoms with Crippen molar-refractivity contribution in [3.05, 3.63) is 94.0 Å². The van der Waals surface area contributed by atoms with Gasteiger partial charge in [0.15, 0.2) is 0 Å². The van der Waals surface area contributed by atoms with Crippen LogP contribution in [0.2, 0.25) is 5.02 Å². The molecule has 0 saturated carbocycles. The van der Waals surface area contributed by atoms with Crippen LogP contribution in [0.4, 0.5) is 0 Å². The van der Waals surface area contributed by atoms with E-state index in [1.165, 1.54) is 7.11 Å². The Labute approximate surface area is 210 Å². The molecule has 180 valence electrons. The summed E-state index contributed by atoms with van der Waals surface area (Å²) < 4.78 is 5.23. The normalized spacial score (nSPS) is 18.6. The molecule has 5 nitrogen and oxygen atoms in total. The van der Waals surface area contributed by atoms with Crippen molar-refractivity contribution in [1.29, 1.82) is 0 Å². The van der Waals surface area contributed by atoms with Crippen LogP contribution in [-0.4, -0.2) is 36.6 Å². The molecule has 0 bridgehead atoms. The number of esters is 1. The Morgan fingerprint density at radius 3 is 2.60 bits per heavy atom. The van der Waals surface area contributed by atoms with Crippen LogP contribution in [0.5, 0.6) is 0 Å². The van der Waals surface area contributed by atoms with Crippen molar-refractivity contribution in [1.82, 2.24) is 10.2 Å². The molecule has 0 aromatic heterocycles. The molecule has 1 aliphatic heterocycles. The molecule has 2 atom stereocenters. The molecule has 3 aromatic carbocycles. The van der Waals surface area contributed by atoms with Crippen molar-refractivity contribution in [3.63, 3.8) is 0 Å². The highest BCUT2D eigenvalue weighted by molar-refractivity contribution is 6.30. The monoisotopic (exact) mass is 488 g/mol. The molecular weight excluding hydrogens is 460 g/mol. The predicted octanol–water partition coefficient (Wildman–Crippen LogP) is 5.58. The number of hydrogen-bond donors (Lipinski definition) is 1. The summed E-state index contributed by atoms with van der Waals surface area (Å²) in [5, 5.41) is 6.29. The smallest absolute Gasteiger partial charge is 0.327 e. The van der Waals surface area contributed by atoms with Crippen molar-refractivity contribution in [2.45, 2.75) is 44.3 Å². The quantitative estimate of drug-likeness (QED) is 0.441. The van der Waals surface area contributed by atoms with Gasteiger partial charge in [-0.3, -0.25) is 10.1 Å². The molecule has 3 aromatic rings. The lowest BCUT2D eigenvalue weighted by atomic mass is 9.91. The van der Waals surface area contributed by atoms with Crippen molar-refractivity contribution in [2.24, 2.45) is 0 Å². The van der Waals surface area contributed by atoms with Crippen molar-refractivity contribution < 1.29 is 14.3 Å². The summed E-state index contributed by atoms with van der Waals surface area (Å²) in [4.78, 5) is 28.5. The zero-order chi connectivity index (χ0) is 24.4. The van der Waals surface area contributed by atoms with E-state index in [1.54, 1.807) is 0 Å². The van der Waals surface area contributed by atoms with E-state index in [0.29, 0.717) is 18.0 Å². The van der Waals surface area contributed by atoms with Gasteiger partial charge in [0.1, 0.15) is 12.2 Å². The lowest BCUT2D eigenvalue weighted by Gasteiger charge is -2.32. The van der Waals surface area contributed by atoms with Gasteiger partial charge in [0.05, 0.1) is 7.11 Å². The molecular formula is C29H29ClN2O3. The number of amides is 1. The number of carbonyl (C=O) groups excluding carboxylic acids is 2. The molecule has 0 radical (unpaired) electrons. The van der Waals surface area contributed by atoms with Gasteiger partial charge >= 0.3 is 5.97 Å². The number of fused-ring (bicyclic) bond motifs is 1. The van der Waals surface area contributed by atoms with Crippen LogP contribution >= 0.6 is 11.6 Å². The summed E-state index contributed by atoms with van der Waals surface area (Å²) >= 11 is 6.04. The van der Waals surface area contributed by atoms with Crippen LogP contribution in [0.3, 0.4) is 0 Å². The van der Waals surface area contributed by atoms with Gasteiger partial charge in [-0.25, -0.2) is 4.79 Å². The number of ether oxygens (including phenoxy) is 1. The Hall–Kier alpha value is -3.15. The summed E-state index contributed by atoms with van der Waals surface area (Å²) in [6, 6.07) is 21.0. The number of nitrogens with zero attached hydrogens (tertiary/aromatic N) is 1. The molecule has 5 rings (SSSR count). The maximum Gasteiger partial charge on any atom is 0.327 e. The first-order chi connectivity index (χ1) is 17.1. The number of nitrogens with one attached hydrogen (secondary N) is 1. The highest BCUT2D eigenvalue weighted by atomic mass is 35.5. The zero-order valence-electron chi connectivity index (χ0n) is 19.8. The second-order valence-electron chi connectivity index (χ2n) is 9.18. The van der Waals surface area contributed by atoms with E-state index in [-0.39, 0.29) is 18.0 Å². The first-order valence-corrected chi connectivity index (χ1v) is 12.5. The van der Waals surface area contributed by atoms with Gasteiger partial charge in [0.2, 0.25) is 0 Å². The summed E-state index contributed by atoms with van der Waals surface area (Å²) in [5.74, 6) is -0.288. The van der Waals surface area contributed by atoms with E-state index in [0.717, 1.165) is 58.7 Å². The van der Waals surface area contributed by atoms with Crippen molar-refractivity contribution >= 4 is 34.2 Å². The minimum Gasteiger partial charge on any atom is -0.468 e. The standard InChI is InChI=1S/C29H29ClN2O3/c1-35-29(34)26(23-12-6-8-20-7-2-3-9-22(20)23)31-27-24-10-4-5-11-25(24)28(33)32(27)18-17-19-13-15-21(30)16-14-19/h2-3,6-9,12-16,26-27,31H,4-5,10-11,17-18H2,1H3. The van der Waals surface area contributed by atoms with E-state index >= 15 is 0 Å². The fourth-order valence-electron chi connectivity index (χ4n) is 5.34. The Morgan fingerprint density at radius 1 is 1.06 bits per heavy atom. The Morgan fingerprint density at radius 2 is 1.80 bits per heavy atom. The highest BCUT2D eigenvalue weighted by Crippen LogP contribution is 2.37. The third kappa shape index (κ3) is 4.71. The van der Waals surface area contributed by atoms with Gasteiger partial charge in [0.25, 0.3) is 5.91 Å². The average Bonchev–Trinajstić information content (AvgIpc) is 3.16. The summed E-state index contributed by atoms with van der Waals surface area (Å²) in [5.41, 5.74) is 3.99. The van der Waals surface area contributed by atoms with Gasteiger partial charge in [-0.2, -0.15) is 0 Å². The summed E-state index contributed by atoms with van der Waals surface area (Å²) in [6.07, 6.45) is 4.09. The Kier molecular flexibility index (Phi) is 6.89. The van der Waals surface area contributed by atoms with Gasteiger partial charge in [0, 0.05) is 17.1 Å². The zero-order valence-corrected chi connectivity index (χ0v) is 20.6.